The molecule has 0 aliphatic carbocycles. The maximum atomic E-state index is 6.19. The van der Waals surface area contributed by atoms with Crippen molar-refractivity contribution >= 4 is 0 Å². The predicted molar refractivity (Wildman–Crippen MR) is 78.5 cm³/mol. The molecule has 2 heteroatoms. The van der Waals surface area contributed by atoms with E-state index < -0.39 is 0 Å². The Hall–Kier alpha value is -1.02. The average molecular weight is 249 g/mol. The molecule has 1 aromatic carbocycles. The van der Waals surface area contributed by atoms with Gasteiger partial charge in [-0.3, -0.25) is 0 Å². The number of hydrogen-bond acceptors (Lipinski definition) is 2. The molecule has 0 saturated carbocycles. The lowest BCUT2D eigenvalue weighted by atomic mass is 10.1. The minimum absolute atomic E-state index is 0.273. The number of hydrogen-bond donors (Lipinski definition) is 1. The van der Waals surface area contributed by atoms with Crippen LogP contribution >= 0.6 is 0 Å². The number of nitrogens with one attached hydrogen (secondary N) is 1. The lowest BCUT2D eigenvalue weighted by molar-refractivity contribution is 0.186. The van der Waals surface area contributed by atoms with Crippen molar-refractivity contribution < 1.29 is 4.74 Å². The van der Waals surface area contributed by atoms with E-state index in [9.17, 15) is 0 Å². The predicted octanol–water partition coefficient (Wildman–Crippen LogP) is 3.77. The Morgan fingerprint density at radius 1 is 1.17 bits per heavy atom. The van der Waals surface area contributed by atoms with Gasteiger partial charge in [0, 0.05) is 6.54 Å². The maximum absolute atomic E-state index is 6.19. The van der Waals surface area contributed by atoms with Gasteiger partial charge in [0.15, 0.2) is 0 Å². The first-order chi connectivity index (χ1) is 8.58. The SMILES string of the molecule is CCCC(CNCC)Oc1cc(C)cc(C)c1C. The van der Waals surface area contributed by atoms with Crippen molar-refractivity contribution in [2.75, 3.05) is 13.1 Å². The number of ether oxygens (including phenoxy) is 1. The zero-order valence-electron chi connectivity index (χ0n) is 12.5. The van der Waals surface area contributed by atoms with Crippen LogP contribution in [0, 0.1) is 20.8 Å². The van der Waals surface area contributed by atoms with Crippen LogP contribution in [0.5, 0.6) is 5.75 Å². The van der Waals surface area contributed by atoms with Gasteiger partial charge in [0.2, 0.25) is 0 Å². The molecule has 2 nitrogen and oxygen atoms in total. The second-order valence-electron chi connectivity index (χ2n) is 5.04. The smallest absolute Gasteiger partial charge is 0.123 e. The third kappa shape index (κ3) is 4.34. The van der Waals surface area contributed by atoms with Crippen LogP contribution in [0.3, 0.4) is 0 Å². The molecular weight excluding hydrogens is 222 g/mol. The quantitative estimate of drug-likeness (QED) is 0.794. The van der Waals surface area contributed by atoms with Gasteiger partial charge in [-0.2, -0.15) is 0 Å². The van der Waals surface area contributed by atoms with E-state index in [1.165, 1.54) is 16.7 Å². The van der Waals surface area contributed by atoms with Crippen molar-refractivity contribution in [2.24, 2.45) is 0 Å². The summed E-state index contributed by atoms with van der Waals surface area (Å²) in [6, 6.07) is 4.36. The Morgan fingerprint density at radius 3 is 2.50 bits per heavy atom. The second kappa shape index (κ2) is 7.42. The molecule has 1 aromatic rings. The molecule has 1 N–H and O–H groups in total. The molecule has 1 unspecified atom stereocenters. The number of aryl methyl sites for hydroxylation is 2. The third-order valence-electron chi connectivity index (χ3n) is 3.29. The fourth-order valence-electron chi connectivity index (χ4n) is 2.13. The average Bonchev–Trinajstić information content (AvgIpc) is 2.32. The summed E-state index contributed by atoms with van der Waals surface area (Å²) in [7, 11) is 0. The maximum Gasteiger partial charge on any atom is 0.123 e. The molecule has 1 rings (SSSR count). The lowest BCUT2D eigenvalue weighted by Gasteiger charge is -2.21. The summed E-state index contributed by atoms with van der Waals surface area (Å²) in [4.78, 5) is 0. The van der Waals surface area contributed by atoms with E-state index in [1.54, 1.807) is 0 Å². The molecule has 0 aliphatic heterocycles. The van der Waals surface area contributed by atoms with E-state index in [0.29, 0.717) is 0 Å². The Kier molecular flexibility index (Phi) is 6.20. The second-order valence-corrected chi connectivity index (χ2v) is 5.04. The Morgan fingerprint density at radius 2 is 1.89 bits per heavy atom. The lowest BCUT2D eigenvalue weighted by Crippen LogP contribution is -2.31. The summed E-state index contributed by atoms with van der Waals surface area (Å²) < 4.78 is 6.19. The number of rotatable bonds is 7. The van der Waals surface area contributed by atoms with E-state index in [2.05, 4.69) is 52.1 Å². The topological polar surface area (TPSA) is 21.3 Å². The standard InChI is InChI=1S/C16H27NO/c1-6-8-15(11-17-7-2)18-16-10-12(3)9-13(4)14(16)5/h9-10,15,17H,6-8,11H2,1-5H3. The Balaban J connectivity index is 2.79. The Bertz CT molecular complexity index is 374. The van der Waals surface area contributed by atoms with Gasteiger partial charge < -0.3 is 10.1 Å². The Labute approximate surface area is 112 Å². The van der Waals surface area contributed by atoms with Crippen LogP contribution in [0.25, 0.3) is 0 Å². The molecule has 0 saturated heterocycles. The fraction of sp³-hybridized carbons (Fsp3) is 0.625. The highest BCUT2D eigenvalue weighted by molar-refractivity contribution is 5.42. The van der Waals surface area contributed by atoms with Crippen molar-refractivity contribution in [3.63, 3.8) is 0 Å². The van der Waals surface area contributed by atoms with Crippen molar-refractivity contribution in [2.45, 2.75) is 53.6 Å². The van der Waals surface area contributed by atoms with Gasteiger partial charge >= 0.3 is 0 Å². The first kappa shape index (κ1) is 15.0. The van der Waals surface area contributed by atoms with Crippen LogP contribution < -0.4 is 10.1 Å². The van der Waals surface area contributed by atoms with Crippen molar-refractivity contribution in [3.8, 4) is 5.75 Å². The molecule has 18 heavy (non-hydrogen) atoms. The van der Waals surface area contributed by atoms with Gasteiger partial charge in [-0.15, -0.1) is 0 Å². The van der Waals surface area contributed by atoms with Gasteiger partial charge in [-0.05, 0) is 56.5 Å². The highest BCUT2D eigenvalue weighted by Crippen LogP contribution is 2.25. The van der Waals surface area contributed by atoms with Gasteiger partial charge in [0.25, 0.3) is 0 Å². The molecule has 102 valence electrons. The summed E-state index contributed by atoms with van der Waals surface area (Å²) >= 11 is 0. The largest absolute Gasteiger partial charge is 0.489 e. The molecule has 0 heterocycles. The summed E-state index contributed by atoms with van der Waals surface area (Å²) in [5.74, 6) is 1.05. The number of benzene rings is 1. The summed E-state index contributed by atoms with van der Waals surface area (Å²) in [6.45, 7) is 12.7. The molecule has 1 atom stereocenters. The van der Waals surface area contributed by atoms with Gasteiger partial charge in [-0.1, -0.05) is 26.3 Å². The van der Waals surface area contributed by atoms with E-state index in [0.717, 1.165) is 31.7 Å². The molecule has 0 radical (unpaired) electrons. The molecule has 0 aromatic heterocycles. The first-order valence-electron chi connectivity index (χ1n) is 7.03. The van der Waals surface area contributed by atoms with Crippen LogP contribution in [0.1, 0.15) is 43.4 Å². The van der Waals surface area contributed by atoms with Crippen LogP contribution in [0.15, 0.2) is 12.1 Å². The van der Waals surface area contributed by atoms with Crippen LogP contribution in [-0.2, 0) is 0 Å². The van der Waals surface area contributed by atoms with E-state index in [4.69, 9.17) is 4.74 Å². The van der Waals surface area contributed by atoms with Gasteiger partial charge in [0.05, 0.1) is 0 Å². The monoisotopic (exact) mass is 249 g/mol. The summed E-state index contributed by atoms with van der Waals surface area (Å²) in [5, 5.41) is 3.38. The van der Waals surface area contributed by atoms with Crippen LogP contribution in [-0.4, -0.2) is 19.2 Å². The van der Waals surface area contributed by atoms with E-state index >= 15 is 0 Å². The highest BCUT2D eigenvalue weighted by atomic mass is 16.5. The van der Waals surface area contributed by atoms with Crippen LogP contribution in [0.2, 0.25) is 0 Å². The van der Waals surface area contributed by atoms with Crippen molar-refractivity contribution in [3.05, 3.63) is 28.8 Å². The molecule has 0 spiro atoms. The summed E-state index contributed by atoms with van der Waals surface area (Å²) in [6.07, 6.45) is 2.52. The molecule has 0 amide bonds. The fourth-order valence-corrected chi connectivity index (χ4v) is 2.13. The van der Waals surface area contributed by atoms with Crippen molar-refractivity contribution in [1.82, 2.24) is 5.32 Å². The van der Waals surface area contributed by atoms with Crippen molar-refractivity contribution in [1.29, 1.82) is 0 Å². The molecule has 0 aliphatic rings. The van der Waals surface area contributed by atoms with Gasteiger partial charge in [-0.25, -0.2) is 0 Å². The van der Waals surface area contributed by atoms with Gasteiger partial charge in [0.1, 0.15) is 11.9 Å². The zero-order chi connectivity index (χ0) is 13.5. The summed E-state index contributed by atoms with van der Waals surface area (Å²) in [5.41, 5.74) is 3.84. The molecular formula is C16H27NO. The van der Waals surface area contributed by atoms with E-state index in [1.807, 2.05) is 0 Å². The number of likely N-dealkylation sites (N-methyl/N-ethyl adjacent to an activating group) is 1. The minimum atomic E-state index is 0.273. The van der Waals surface area contributed by atoms with Crippen LogP contribution in [0.4, 0.5) is 0 Å². The minimum Gasteiger partial charge on any atom is -0.489 e. The zero-order valence-corrected chi connectivity index (χ0v) is 12.5. The molecule has 0 bridgehead atoms. The highest BCUT2D eigenvalue weighted by Gasteiger charge is 2.12. The normalized spacial score (nSPS) is 12.5. The van der Waals surface area contributed by atoms with E-state index in [-0.39, 0.29) is 6.10 Å². The third-order valence-corrected chi connectivity index (χ3v) is 3.29. The molecule has 0 fully saturated rings. The first-order valence-corrected chi connectivity index (χ1v) is 7.03.